The molecule has 0 aliphatic heterocycles. The number of carbonyl (C=O) groups excluding carboxylic acids is 1. The van der Waals surface area contributed by atoms with Gasteiger partial charge in [0.1, 0.15) is 5.75 Å². The van der Waals surface area contributed by atoms with Crippen molar-refractivity contribution in [3.8, 4) is 5.75 Å². The van der Waals surface area contributed by atoms with E-state index in [2.05, 4.69) is 29.2 Å². The first kappa shape index (κ1) is 36.9. The lowest BCUT2D eigenvalue weighted by Gasteiger charge is -2.29. The monoisotopic (exact) mass is 680 g/mol. The molecular formula is C34H31ClF6N2O4. The van der Waals surface area contributed by atoms with Gasteiger partial charge in [0.25, 0.3) is 0 Å². The number of carboxylic acids is 1. The summed E-state index contributed by atoms with van der Waals surface area (Å²) in [7, 11) is 0. The first-order valence-corrected chi connectivity index (χ1v) is 14.5. The number of alkyl halides is 6. The van der Waals surface area contributed by atoms with Gasteiger partial charge in [0, 0.05) is 31.1 Å². The Morgan fingerprint density at radius 1 is 0.830 bits per heavy atom. The van der Waals surface area contributed by atoms with Crippen molar-refractivity contribution in [1.82, 2.24) is 4.90 Å². The zero-order valence-corrected chi connectivity index (χ0v) is 25.5. The molecule has 0 saturated carbocycles. The number of aliphatic carboxylic acids is 1. The standard InChI is InChI=1S/C32H30ClF3N2O2.C2HF3O2/c33-30-26(15-8-17-29(30)32(34,35)36)21-38(18-9-19-40-27-16-7-14-25(20-27)31(37)39)22-28(23-10-3-1-4-11-23)24-12-5-2-6-13-24;3-2(4,5)1(6)7/h1-8,10-17,20,28H,9,18-19,21-22H2,(H2,37,39);(H,6,7). The topological polar surface area (TPSA) is 92.9 Å². The molecule has 1 amide bonds. The Morgan fingerprint density at radius 3 is 1.89 bits per heavy atom. The Morgan fingerprint density at radius 2 is 1.38 bits per heavy atom. The summed E-state index contributed by atoms with van der Waals surface area (Å²) in [6.45, 7) is 1.67. The highest BCUT2D eigenvalue weighted by Gasteiger charge is 2.38. The molecule has 0 aliphatic rings. The zero-order valence-electron chi connectivity index (χ0n) is 24.8. The number of halogens is 7. The number of carboxylic acid groups (broad SMARTS) is 1. The third-order valence-corrected chi connectivity index (χ3v) is 7.32. The van der Waals surface area contributed by atoms with E-state index in [0.29, 0.717) is 43.0 Å². The summed E-state index contributed by atoms with van der Waals surface area (Å²) >= 11 is 6.28. The van der Waals surface area contributed by atoms with Crippen molar-refractivity contribution in [3.05, 3.63) is 136 Å². The van der Waals surface area contributed by atoms with Gasteiger partial charge >= 0.3 is 18.3 Å². The van der Waals surface area contributed by atoms with Crippen molar-refractivity contribution in [2.24, 2.45) is 5.73 Å². The minimum absolute atomic E-state index is 0.0138. The molecule has 4 rings (SSSR count). The van der Waals surface area contributed by atoms with E-state index in [1.54, 1.807) is 30.3 Å². The third-order valence-electron chi connectivity index (χ3n) is 6.87. The van der Waals surface area contributed by atoms with Crippen molar-refractivity contribution >= 4 is 23.5 Å². The summed E-state index contributed by atoms with van der Waals surface area (Å²) in [5.74, 6) is -2.79. The van der Waals surface area contributed by atoms with Crippen LogP contribution in [0, 0.1) is 0 Å². The van der Waals surface area contributed by atoms with Crippen LogP contribution in [0.2, 0.25) is 5.02 Å². The lowest BCUT2D eigenvalue weighted by Crippen LogP contribution is -2.31. The van der Waals surface area contributed by atoms with Crippen LogP contribution >= 0.6 is 11.6 Å². The fourth-order valence-electron chi connectivity index (χ4n) is 4.65. The summed E-state index contributed by atoms with van der Waals surface area (Å²) in [5, 5.41) is 6.84. The first-order chi connectivity index (χ1) is 22.2. The number of nitrogens with two attached hydrogens (primary N) is 1. The van der Waals surface area contributed by atoms with Gasteiger partial charge in [-0.1, -0.05) is 90.5 Å². The lowest BCUT2D eigenvalue weighted by atomic mass is 9.90. The predicted octanol–water partition coefficient (Wildman–Crippen LogP) is 8.19. The number of hydrogen-bond acceptors (Lipinski definition) is 4. The normalized spacial score (nSPS) is 11.6. The number of rotatable bonds is 12. The number of amides is 1. The van der Waals surface area contributed by atoms with E-state index in [-0.39, 0.29) is 17.5 Å². The lowest BCUT2D eigenvalue weighted by molar-refractivity contribution is -0.192. The van der Waals surface area contributed by atoms with Gasteiger partial charge in [-0.25, -0.2) is 4.79 Å². The van der Waals surface area contributed by atoms with Crippen molar-refractivity contribution in [1.29, 1.82) is 0 Å². The maximum atomic E-state index is 13.6. The van der Waals surface area contributed by atoms with E-state index >= 15 is 0 Å². The van der Waals surface area contributed by atoms with E-state index < -0.39 is 29.8 Å². The average molecular weight is 681 g/mol. The SMILES string of the molecule is NC(=O)c1cccc(OCCCN(Cc2cccc(C(F)(F)F)c2Cl)CC(c2ccccc2)c2ccccc2)c1.O=C(O)C(F)(F)F. The molecule has 0 heterocycles. The minimum atomic E-state index is -5.08. The van der Waals surface area contributed by atoms with Crippen molar-refractivity contribution in [2.75, 3.05) is 19.7 Å². The number of carbonyl (C=O) groups is 2. The number of nitrogens with zero attached hydrogens (tertiary/aromatic N) is 1. The van der Waals surface area contributed by atoms with E-state index in [0.717, 1.165) is 17.2 Å². The van der Waals surface area contributed by atoms with Crippen molar-refractivity contribution < 1.29 is 45.8 Å². The number of benzene rings is 4. The van der Waals surface area contributed by atoms with Crippen LogP contribution in [0.1, 0.15) is 45.0 Å². The van der Waals surface area contributed by atoms with Gasteiger partial charge in [0.05, 0.1) is 17.2 Å². The van der Waals surface area contributed by atoms with Crippen LogP contribution in [0.5, 0.6) is 5.75 Å². The summed E-state index contributed by atoms with van der Waals surface area (Å²) in [6, 6.07) is 30.7. The number of primary amides is 1. The molecule has 4 aromatic rings. The van der Waals surface area contributed by atoms with E-state index in [9.17, 15) is 31.1 Å². The maximum Gasteiger partial charge on any atom is 0.490 e. The van der Waals surface area contributed by atoms with Crippen molar-refractivity contribution in [3.63, 3.8) is 0 Å². The highest BCUT2D eigenvalue weighted by Crippen LogP contribution is 2.37. The van der Waals surface area contributed by atoms with Gasteiger partial charge in [-0.3, -0.25) is 9.69 Å². The van der Waals surface area contributed by atoms with Crippen LogP contribution in [-0.2, 0) is 17.5 Å². The molecule has 47 heavy (non-hydrogen) atoms. The van der Waals surface area contributed by atoms with Crippen LogP contribution < -0.4 is 10.5 Å². The molecule has 0 fully saturated rings. The fourth-order valence-corrected chi connectivity index (χ4v) is 4.94. The largest absolute Gasteiger partial charge is 0.494 e. The minimum Gasteiger partial charge on any atom is -0.494 e. The van der Waals surface area contributed by atoms with Gasteiger partial charge in [-0.15, -0.1) is 0 Å². The Kier molecular flexibility index (Phi) is 13.2. The summed E-state index contributed by atoms with van der Waals surface area (Å²) in [5.41, 5.74) is 7.49. The van der Waals surface area contributed by atoms with Crippen LogP contribution in [-0.4, -0.2) is 47.8 Å². The van der Waals surface area contributed by atoms with E-state index in [4.69, 9.17) is 32.0 Å². The van der Waals surface area contributed by atoms with E-state index in [1.807, 2.05) is 36.4 Å². The Bertz CT molecular complexity index is 1560. The molecule has 0 unspecified atom stereocenters. The molecule has 13 heteroatoms. The first-order valence-electron chi connectivity index (χ1n) is 14.2. The molecular weight excluding hydrogens is 650 g/mol. The quantitative estimate of drug-likeness (QED) is 0.116. The van der Waals surface area contributed by atoms with Gasteiger partial charge < -0.3 is 15.6 Å². The van der Waals surface area contributed by atoms with Crippen LogP contribution in [0.25, 0.3) is 0 Å². The van der Waals surface area contributed by atoms with E-state index in [1.165, 1.54) is 6.07 Å². The molecule has 4 aromatic carbocycles. The molecule has 0 bridgehead atoms. The Labute approximate surface area is 272 Å². The van der Waals surface area contributed by atoms with Gasteiger partial charge in [0.2, 0.25) is 5.91 Å². The number of ether oxygens (including phenoxy) is 1. The average Bonchev–Trinajstić information content (AvgIpc) is 3.03. The van der Waals surface area contributed by atoms with Crippen LogP contribution in [0.4, 0.5) is 26.3 Å². The van der Waals surface area contributed by atoms with Gasteiger partial charge in [-0.2, -0.15) is 26.3 Å². The second-order valence-corrected chi connectivity index (χ2v) is 10.7. The van der Waals surface area contributed by atoms with Gasteiger partial charge in [-0.05, 0) is 47.4 Å². The molecule has 6 nitrogen and oxygen atoms in total. The van der Waals surface area contributed by atoms with Gasteiger partial charge in [0.15, 0.2) is 0 Å². The molecule has 0 aromatic heterocycles. The second-order valence-electron chi connectivity index (χ2n) is 10.3. The molecule has 250 valence electrons. The Hall–Kier alpha value is -4.55. The molecule has 0 radical (unpaired) electrons. The highest BCUT2D eigenvalue weighted by molar-refractivity contribution is 6.32. The fraction of sp³-hybridized carbons (Fsp3) is 0.235. The molecule has 0 aliphatic carbocycles. The highest BCUT2D eigenvalue weighted by atomic mass is 35.5. The Balaban J connectivity index is 0.000000771. The summed E-state index contributed by atoms with van der Waals surface area (Å²) in [6.07, 6.45) is -9.03. The zero-order chi connectivity index (χ0) is 34.6. The molecule has 0 atom stereocenters. The molecule has 0 spiro atoms. The summed E-state index contributed by atoms with van der Waals surface area (Å²) < 4.78 is 78.3. The second kappa shape index (κ2) is 16.8. The molecule has 0 saturated heterocycles. The van der Waals surface area contributed by atoms with Crippen molar-refractivity contribution in [2.45, 2.75) is 31.2 Å². The predicted molar refractivity (Wildman–Crippen MR) is 165 cm³/mol. The van der Waals surface area contributed by atoms with Crippen LogP contribution in [0.15, 0.2) is 103 Å². The van der Waals surface area contributed by atoms with Crippen LogP contribution in [0.3, 0.4) is 0 Å². The maximum absolute atomic E-state index is 13.6. The number of hydrogen-bond donors (Lipinski definition) is 2. The molecule has 3 N–H and O–H groups in total. The smallest absolute Gasteiger partial charge is 0.490 e. The summed E-state index contributed by atoms with van der Waals surface area (Å²) in [4.78, 5) is 22.5. The third kappa shape index (κ3) is 11.6.